The number of aromatic nitrogens is 3. The first-order valence-corrected chi connectivity index (χ1v) is 7.31. The van der Waals surface area contributed by atoms with Crippen LogP contribution in [-0.2, 0) is 0 Å². The van der Waals surface area contributed by atoms with Crippen molar-refractivity contribution in [3.05, 3.63) is 65.4 Å². The SMILES string of the molecule is CC(C)c1ccc(-n2c(Cl)nnc2-c2ccccc2)cc1. The molecule has 0 amide bonds. The molecule has 0 aliphatic carbocycles. The van der Waals surface area contributed by atoms with Gasteiger partial charge in [-0.1, -0.05) is 56.3 Å². The molecule has 0 N–H and O–H groups in total. The van der Waals surface area contributed by atoms with Gasteiger partial charge in [-0.05, 0) is 35.2 Å². The van der Waals surface area contributed by atoms with Gasteiger partial charge in [-0.25, -0.2) is 0 Å². The van der Waals surface area contributed by atoms with E-state index in [2.05, 4.69) is 48.3 Å². The summed E-state index contributed by atoms with van der Waals surface area (Å²) in [7, 11) is 0. The number of hydrogen-bond donors (Lipinski definition) is 0. The lowest BCUT2D eigenvalue weighted by atomic mass is 10.0. The highest BCUT2D eigenvalue weighted by molar-refractivity contribution is 6.28. The van der Waals surface area contributed by atoms with E-state index >= 15 is 0 Å². The van der Waals surface area contributed by atoms with Crippen LogP contribution < -0.4 is 0 Å². The third-order valence-electron chi connectivity index (χ3n) is 3.47. The quantitative estimate of drug-likeness (QED) is 0.701. The molecule has 4 heteroatoms. The zero-order valence-corrected chi connectivity index (χ0v) is 12.7. The van der Waals surface area contributed by atoms with Gasteiger partial charge in [0.2, 0.25) is 5.28 Å². The molecule has 3 nitrogen and oxygen atoms in total. The van der Waals surface area contributed by atoms with E-state index in [-0.39, 0.29) is 0 Å². The summed E-state index contributed by atoms with van der Waals surface area (Å²) in [4.78, 5) is 0. The van der Waals surface area contributed by atoms with Gasteiger partial charge in [0.15, 0.2) is 5.82 Å². The molecule has 0 atom stereocenters. The van der Waals surface area contributed by atoms with Crippen molar-refractivity contribution >= 4 is 11.6 Å². The fourth-order valence-electron chi connectivity index (χ4n) is 2.28. The van der Waals surface area contributed by atoms with Crippen LogP contribution in [0.4, 0.5) is 0 Å². The molecule has 0 aliphatic rings. The van der Waals surface area contributed by atoms with Crippen molar-refractivity contribution in [2.75, 3.05) is 0 Å². The maximum absolute atomic E-state index is 6.22. The van der Waals surface area contributed by atoms with Gasteiger partial charge in [-0.15, -0.1) is 10.2 Å². The average Bonchev–Trinajstić information content (AvgIpc) is 2.90. The van der Waals surface area contributed by atoms with Gasteiger partial charge >= 0.3 is 0 Å². The predicted molar refractivity (Wildman–Crippen MR) is 85.9 cm³/mol. The first-order chi connectivity index (χ1) is 10.2. The van der Waals surface area contributed by atoms with Crippen LogP contribution in [0.1, 0.15) is 25.3 Å². The van der Waals surface area contributed by atoms with Crippen molar-refractivity contribution in [2.45, 2.75) is 19.8 Å². The number of benzene rings is 2. The van der Waals surface area contributed by atoms with E-state index in [4.69, 9.17) is 11.6 Å². The van der Waals surface area contributed by atoms with Gasteiger partial charge in [0.05, 0.1) is 5.69 Å². The van der Waals surface area contributed by atoms with Crippen molar-refractivity contribution in [2.24, 2.45) is 0 Å². The summed E-state index contributed by atoms with van der Waals surface area (Å²) in [6.07, 6.45) is 0. The predicted octanol–water partition coefficient (Wildman–Crippen LogP) is 4.71. The Bertz CT molecular complexity index is 730. The van der Waals surface area contributed by atoms with Crippen LogP contribution in [0.15, 0.2) is 54.6 Å². The molecule has 0 bridgehead atoms. The summed E-state index contributed by atoms with van der Waals surface area (Å²) in [5.41, 5.74) is 3.25. The molecule has 0 saturated carbocycles. The second-order valence-corrected chi connectivity index (χ2v) is 5.58. The van der Waals surface area contributed by atoms with Crippen LogP contribution in [0.25, 0.3) is 17.1 Å². The van der Waals surface area contributed by atoms with Crippen LogP contribution in [0.5, 0.6) is 0 Å². The Morgan fingerprint density at radius 3 is 2.19 bits per heavy atom. The standard InChI is InChI=1S/C17H16ClN3/c1-12(2)13-8-10-15(11-9-13)21-16(19-20-17(21)18)14-6-4-3-5-7-14/h3-12H,1-2H3. The van der Waals surface area contributed by atoms with Gasteiger partial charge in [0, 0.05) is 5.56 Å². The molecule has 0 saturated heterocycles. The van der Waals surface area contributed by atoms with Crippen LogP contribution in [-0.4, -0.2) is 14.8 Å². The zero-order chi connectivity index (χ0) is 14.8. The second-order valence-electron chi connectivity index (χ2n) is 5.24. The molecule has 0 unspecified atom stereocenters. The molecule has 2 aromatic carbocycles. The summed E-state index contributed by atoms with van der Waals surface area (Å²) in [5, 5.41) is 8.57. The summed E-state index contributed by atoms with van der Waals surface area (Å²) in [6, 6.07) is 18.3. The smallest absolute Gasteiger partial charge is 0.229 e. The van der Waals surface area contributed by atoms with Crippen LogP contribution in [0.3, 0.4) is 0 Å². The Morgan fingerprint density at radius 1 is 0.905 bits per heavy atom. The molecule has 21 heavy (non-hydrogen) atoms. The highest BCUT2D eigenvalue weighted by Crippen LogP contribution is 2.26. The first kappa shape index (κ1) is 13.8. The molecule has 3 rings (SSSR count). The average molecular weight is 298 g/mol. The molecule has 1 aromatic heterocycles. The van der Waals surface area contributed by atoms with E-state index in [1.54, 1.807) is 0 Å². The minimum atomic E-state index is 0.367. The van der Waals surface area contributed by atoms with Crippen LogP contribution in [0.2, 0.25) is 5.28 Å². The van der Waals surface area contributed by atoms with Crippen LogP contribution in [0, 0.1) is 0 Å². The highest BCUT2D eigenvalue weighted by atomic mass is 35.5. The van der Waals surface area contributed by atoms with Gasteiger partial charge in [0.1, 0.15) is 0 Å². The monoisotopic (exact) mass is 297 g/mol. The van der Waals surface area contributed by atoms with Crippen molar-refractivity contribution in [3.8, 4) is 17.1 Å². The van der Waals surface area contributed by atoms with E-state index in [1.807, 2.05) is 34.9 Å². The topological polar surface area (TPSA) is 30.7 Å². The minimum absolute atomic E-state index is 0.367. The highest BCUT2D eigenvalue weighted by Gasteiger charge is 2.13. The molecule has 0 aliphatic heterocycles. The molecule has 0 fully saturated rings. The number of nitrogens with zero attached hydrogens (tertiary/aromatic N) is 3. The van der Waals surface area contributed by atoms with E-state index in [0.717, 1.165) is 17.1 Å². The van der Waals surface area contributed by atoms with Gasteiger partial charge in [-0.2, -0.15) is 0 Å². The second kappa shape index (κ2) is 5.70. The van der Waals surface area contributed by atoms with E-state index in [1.165, 1.54) is 5.56 Å². The largest absolute Gasteiger partial charge is 0.266 e. The van der Waals surface area contributed by atoms with Crippen molar-refractivity contribution in [1.29, 1.82) is 0 Å². The fraction of sp³-hybridized carbons (Fsp3) is 0.176. The third kappa shape index (κ3) is 2.69. The Balaban J connectivity index is 2.08. The van der Waals surface area contributed by atoms with Crippen molar-refractivity contribution < 1.29 is 0 Å². The van der Waals surface area contributed by atoms with E-state index in [9.17, 15) is 0 Å². The lowest BCUT2D eigenvalue weighted by molar-refractivity contribution is 0.865. The summed E-state index contributed by atoms with van der Waals surface area (Å²) in [5.74, 6) is 1.25. The molecular weight excluding hydrogens is 282 g/mol. The van der Waals surface area contributed by atoms with Gasteiger partial charge in [0.25, 0.3) is 0 Å². The maximum atomic E-state index is 6.22. The summed E-state index contributed by atoms with van der Waals surface area (Å²) >= 11 is 6.22. The van der Waals surface area contributed by atoms with Crippen molar-refractivity contribution in [1.82, 2.24) is 14.8 Å². The molecule has 0 radical (unpaired) electrons. The Labute approximate surface area is 129 Å². The fourth-order valence-corrected chi connectivity index (χ4v) is 2.49. The van der Waals surface area contributed by atoms with Gasteiger partial charge in [-0.3, -0.25) is 4.57 Å². The normalized spacial score (nSPS) is 11.0. The zero-order valence-electron chi connectivity index (χ0n) is 12.0. The Morgan fingerprint density at radius 2 is 1.57 bits per heavy atom. The Hall–Kier alpha value is -2.13. The van der Waals surface area contributed by atoms with E-state index < -0.39 is 0 Å². The lowest BCUT2D eigenvalue weighted by Crippen LogP contribution is -1.98. The minimum Gasteiger partial charge on any atom is -0.266 e. The number of rotatable bonds is 3. The van der Waals surface area contributed by atoms with Gasteiger partial charge < -0.3 is 0 Å². The Kier molecular flexibility index (Phi) is 3.76. The number of hydrogen-bond acceptors (Lipinski definition) is 2. The number of halogens is 1. The van der Waals surface area contributed by atoms with Crippen LogP contribution >= 0.6 is 11.6 Å². The lowest BCUT2D eigenvalue weighted by Gasteiger charge is -2.10. The summed E-state index contributed by atoms with van der Waals surface area (Å²) in [6.45, 7) is 4.35. The van der Waals surface area contributed by atoms with Crippen molar-refractivity contribution in [3.63, 3.8) is 0 Å². The first-order valence-electron chi connectivity index (χ1n) is 6.93. The third-order valence-corrected chi connectivity index (χ3v) is 3.72. The molecule has 0 spiro atoms. The summed E-state index contributed by atoms with van der Waals surface area (Å²) < 4.78 is 1.86. The van der Waals surface area contributed by atoms with E-state index in [0.29, 0.717) is 11.2 Å². The molecule has 106 valence electrons. The molecular formula is C17H16ClN3. The molecule has 3 aromatic rings. The maximum Gasteiger partial charge on any atom is 0.229 e. The molecule has 1 heterocycles.